The molecule has 1 amide bonds. The molecule has 0 saturated heterocycles. The number of benzene rings is 1. The minimum absolute atomic E-state index is 0.283. The molecule has 0 aliphatic rings. The van der Waals surface area contributed by atoms with E-state index in [0.717, 1.165) is 16.5 Å². The fraction of sp³-hybridized carbons (Fsp3) is 0.333. The molecule has 0 aliphatic heterocycles. The third-order valence-electron chi connectivity index (χ3n) is 4.23. The quantitative estimate of drug-likeness (QED) is 0.717. The Balaban J connectivity index is 1.85. The highest BCUT2D eigenvalue weighted by Crippen LogP contribution is 2.22. The Morgan fingerprint density at radius 3 is 3.00 bits per heavy atom. The maximum atomic E-state index is 12.3. The van der Waals surface area contributed by atoms with Crippen molar-refractivity contribution >= 4 is 16.7 Å². The van der Waals surface area contributed by atoms with Crippen molar-refractivity contribution < 1.29 is 9.90 Å². The Hall–Kier alpha value is -2.80. The Kier molecular flexibility index (Phi) is 5.04. The van der Waals surface area contributed by atoms with Gasteiger partial charge in [0.2, 0.25) is 0 Å². The molecule has 0 bridgehead atoms. The molecule has 7 nitrogen and oxygen atoms in total. The first-order chi connectivity index (χ1) is 12.1. The van der Waals surface area contributed by atoms with Gasteiger partial charge in [0.05, 0.1) is 17.5 Å². The Morgan fingerprint density at radius 2 is 2.20 bits per heavy atom. The van der Waals surface area contributed by atoms with Crippen molar-refractivity contribution in [1.82, 2.24) is 25.3 Å². The Morgan fingerprint density at radius 1 is 1.36 bits per heavy atom. The van der Waals surface area contributed by atoms with Crippen molar-refractivity contribution in [3.63, 3.8) is 0 Å². The fourth-order valence-corrected chi connectivity index (χ4v) is 2.70. The van der Waals surface area contributed by atoms with Gasteiger partial charge in [-0.1, -0.05) is 24.3 Å². The van der Waals surface area contributed by atoms with E-state index in [1.165, 1.54) is 0 Å². The lowest BCUT2D eigenvalue weighted by atomic mass is 10.1. The summed E-state index contributed by atoms with van der Waals surface area (Å²) in [5, 5.41) is 22.5. The number of aliphatic hydroxyl groups excluding tert-OH is 1. The summed E-state index contributed by atoms with van der Waals surface area (Å²) in [4.78, 5) is 16.5. The largest absolute Gasteiger partial charge is 0.393 e. The van der Waals surface area contributed by atoms with Gasteiger partial charge in [-0.15, -0.1) is 5.10 Å². The lowest BCUT2D eigenvalue weighted by Gasteiger charge is -2.09. The average Bonchev–Trinajstić information content (AvgIpc) is 3.02. The van der Waals surface area contributed by atoms with Crippen LogP contribution in [0.2, 0.25) is 0 Å². The number of nitrogens with zero attached hydrogens (tertiary/aromatic N) is 4. The first-order valence-corrected chi connectivity index (χ1v) is 8.33. The maximum Gasteiger partial charge on any atom is 0.273 e. The zero-order chi connectivity index (χ0) is 17.8. The first-order valence-electron chi connectivity index (χ1n) is 8.33. The SMILES string of the molecule is CCC(O)CCNC(=O)c1nnn(-c2cccc3cnccc23)c1C. The van der Waals surface area contributed by atoms with Gasteiger partial charge in [-0.2, -0.15) is 0 Å². The van der Waals surface area contributed by atoms with Crippen LogP contribution >= 0.6 is 0 Å². The minimum Gasteiger partial charge on any atom is -0.393 e. The van der Waals surface area contributed by atoms with Gasteiger partial charge < -0.3 is 10.4 Å². The number of aliphatic hydroxyl groups is 1. The van der Waals surface area contributed by atoms with Crippen molar-refractivity contribution in [1.29, 1.82) is 0 Å². The zero-order valence-corrected chi connectivity index (χ0v) is 14.3. The second-order valence-corrected chi connectivity index (χ2v) is 5.92. The number of rotatable bonds is 6. The van der Waals surface area contributed by atoms with Crippen LogP contribution < -0.4 is 5.32 Å². The summed E-state index contributed by atoms with van der Waals surface area (Å²) in [5.74, 6) is -0.283. The summed E-state index contributed by atoms with van der Waals surface area (Å²) in [6.07, 6.45) is 4.30. The van der Waals surface area contributed by atoms with Crippen LogP contribution in [-0.2, 0) is 0 Å². The lowest BCUT2D eigenvalue weighted by Crippen LogP contribution is -2.28. The van der Waals surface area contributed by atoms with Crippen molar-refractivity contribution in [2.75, 3.05) is 6.54 Å². The second-order valence-electron chi connectivity index (χ2n) is 5.92. The minimum atomic E-state index is -0.402. The van der Waals surface area contributed by atoms with Gasteiger partial charge in [0, 0.05) is 29.7 Å². The highest BCUT2D eigenvalue weighted by atomic mass is 16.3. The zero-order valence-electron chi connectivity index (χ0n) is 14.3. The third-order valence-corrected chi connectivity index (χ3v) is 4.23. The van der Waals surface area contributed by atoms with Crippen molar-refractivity contribution in [3.8, 4) is 5.69 Å². The molecule has 2 aromatic heterocycles. The van der Waals surface area contributed by atoms with Gasteiger partial charge in [-0.3, -0.25) is 9.78 Å². The van der Waals surface area contributed by atoms with Crippen molar-refractivity contribution in [2.45, 2.75) is 32.8 Å². The molecule has 0 radical (unpaired) electrons. The topological polar surface area (TPSA) is 92.9 Å². The molecule has 1 aromatic carbocycles. The van der Waals surface area contributed by atoms with Gasteiger partial charge in [0.15, 0.2) is 5.69 Å². The van der Waals surface area contributed by atoms with E-state index >= 15 is 0 Å². The van der Waals surface area contributed by atoms with Crippen molar-refractivity contribution in [3.05, 3.63) is 48.0 Å². The lowest BCUT2D eigenvalue weighted by molar-refractivity contribution is 0.0936. The maximum absolute atomic E-state index is 12.3. The molecule has 3 rings (SSSR count). The van der Waals surface area contributed by atoms with Crippen molar-refractivity contribution in [2.24, 2.45) is 0 Å². The molecule has 3 aromatic rings. The molecule has 1 unspecified atom stereocenters. The number of amides is 1. The number of aromatic nitrogens is 4. The number of hydrogen-bond acceptors (Lipinski definition) is 5. The Bertz CT molecular complexity index is 885. The van der Waals surface area contributed by atoms with E-state index in [2.05, 4.69) is 20.6 Å². The standard InChI is InChI=1S/C18H21N5O2/c1-3-14(24)7-10-20-18(25)17-12(2)23(22-21-17)16-6-4-5-13-11-19-9-8-15(13)16/h4-6,8-9,11,14,24H,3,7,10H2,1-2H3,(H,20,25). The van der Waals surface area contributed by atoms with Gasteiger partial charge in [-0.25, -0.2) is 4.68 Å². The van der Waals surface area contributed by atoms with Gasteiger partial charge in [-0.05, 0) is 31.9 Å². The molecule has 0 aliphatic carbocycles. The van der Waals surface area contributed by atoms with Gasteiger partial charge in [0.25, 0.3) is 5.91 Å². The summed E-state index contributed by atoms with van der Waals surface area (Å²) in [6, 6.07) is 7.75. The Labute approximate surface area is 145 Å². The van der Waals surface area contributed by atoms with Crippen LogP contribution in [0, 0.1) is 6.92 Å². The molecule has 2 heterocycles. The summed E-state index contributed by atoms with van der Waals surface area (Å²) >= 11 is 0. The smallest absolute Gasteiger partial charge is 0.273 e. The van der Waals surface area contributed by atoms with E-state index in [-0.39, 0.29) is 11.6 Å². The molecule has 0 spiro atoms. The first kappa shape index (κ1) is 17.0. The molecule has 2 N–H and O–H groups in total. The molecule has 1 atom stereocenters. The normalized spacial score (nSPS) is 12.3. The number of pyridine rings is 1. The van der Waals surface area contributed by atoms with Crippen LogP contribution in [-0.4, -0.2) is 43.6 Å². The highest BCUT2D eigenvalue weighted by molar-refractivity contribution is 5.94. The molecule has 0 fully saturated rings. The van der Waals surface area contributed by atoms with Crippen LogP contribution in [0.15, 0.2) is 36.7 Å². The van der Waals surface area contributed by atoms with Crippen LogP contribution in [0.25, 0.3) is 16.5 Å². The van der Waals surface area contributed by atoms with Crippen LogP contribution in [0.1, 0.15) is 35.9 Å². The predicted molar refractivity (Wildman–Crippen MR) is 94.6 cm³/mol. The molecule has 0 saturated carbocycles. The van der Waals surface area contributed by atoms with E-state index < -0.39 is 6.10 Å². The molecular weight excluding hydrogens is 318 g/mol. The number of fused-ring (bicyclic) bond motifs is 1. The van der Waals surface area contributed by atoms with E-state index in [0.29, 0.717) is 25.1 Å². The van der Waals surface area contributed by atoms with Crippen LogP contribution in [0.4, 0.5) is 0 Å². The highest BCUT2D eigenvalue weighted by Gasteiger charge is 2.18. The van der Waals surface area contributed by atoms with E-state index in [4.69, 9.17) is 0 Å². The number of nitrogens with one attached hydrogen (secondary N) is 1. The van der Waals surface area contributed by atoms with Crippen LogP contribution in [0.5, 0.6) is 0 Å². The average molecular weight is 339 g/mol. The predicted octanol–water partition coefficient (Wildman–Crippen LogP) is 2.01. The van der Waals surface area contributed by atoms with E-state index in [1.807, 2.05) is 38.1 Å². The summed E-state index contributed by atoms with van der Waals surface area (Å²) < 4.78 is 1.66. The molecule has 25 heavy (non-hydrogen) atoms. The van der Waals surface area contributed by atoms with Crippen LogP contribution in [0.3, 0.4) is 0 Å². The summed E-state index contributed by atoms with van der Waals surface area (Å²) in [5.41, 5.74) is 1.81. The van der Waals surface area contributed by atoms with E-state index in [1.54, 1.807) is 17.1 Å². The molecule has 7 heteroatoms. The van der Waals surface area contributed by atoms with Gasteiger partial charge >= 0.3 is 0 Å². The van der Waals surface area contributed by atoms with Gasteiger partial charge in [0.1, 0.15) is 0 Å². The third kappa shape index (κ3) is 3.51. The van der Waals surface area contributed by atoms with E-state index in [9.17, 15) is 9.90 Å². The molecular formula is C18H21N5O2. The second kappa shape index (κ2) is 7.40. The summed E-state index contributed by atoms with van der Waals surface area (Å²) in [7, 11) is 0. The summed E-state index contributed by atoms with van der Waals surface area (Å²) in [6.45, 7) is 4.12. The molecule has 130 valence electrons. The number of hydrogen-bond donors (Lipinski definition) is 2. The number of carbonyl (C=O) groups excluding carboxylic acids is 1. The fourth-order valence-electron chi connectivity index (χ4n) is 2.70. The number of carbonyl (C=O) groups is 1. The monoisotopic (exact) mass is 339 g/mol.